The van der Waals surface area contributed by atoms with E-state index in [1.807, 2.05) is 13.8 Å². The Morgan fingerprint density at radius 2 is 2.07 bits per heavy atom. The zero-order valence-corrected chi connectivity index (χ0v) is 8.73. The summed E-state index contributed by atoms with van der Waals surface area (Å²) in [6, 6.07) is 3.77. The molecule has 0 atom stereocenters. The second-order valence-corrected chi connectivity index (χ2v) is 3.72. The second kappa shape index (κ2) is 4.42. The van der Waals surface area contributed by atoms with Crippen LogP contribution < -0.4 is 5.32 Å². The predicted octanol–water partition coefficient (Wildman–Crippen LogP) is 2.62. The van der Waals surface area contributed by atoms with Gasteiger partial charge in [-0.1, -0.05) is 11.6 Å². The van der Waals surface area contributed by atoms with Crippen LogP contribution >= 0.6 is 11.6 Å². The summed E-state index contributed by atoms with van der Waals surface area (Å²) in [5.41, 5.74) is 0.240. The van der Waals surface area contributed by atoms with Crippen molar-refractivity contribution in [2.24, 2.45) is 0 Å². The highest BCUT2D eigenvalue weighted by Crippen LogP contribution is 2.14. The van der Waals surface area contributed by atoms with E-state index in [2.05, 4.69) is 5.32 Å². The van der Waals surface area contributed by atoms with Crippen molar-refractivity contribution in [3.8, 4) is 0 Å². The molecule has 0 radical (unpaired) electrons. The molecule has 1 aromatic rings. The van der Waals surface area contributed by atoms with Gasteiger partial charge in [-0.3, -0.25) is 4.79 Å². The number of benzene rings is 1. The van der Waals surface area contributed by atoms with Crippen LogP contribution in [0.2, 0.25) is 5.02 Å². The van der Waals surface area contributed by atoms with Crippen molar-refractivity contribution < 1.29 is 9.18 Å². The lowest BCUT2D eigenvalue weighted by Crippen LogP contribution is -2.30. The van der Waals surface area contributed by atoms with E-state index < -0.39 is 5.82 Å². The van der Waals surface area contributed by atoms with Crippen molar-refractivity contribution in [2.75, 3.05) is 0 Å². The molecule has 0 aliphatic rings. The summed E-state index contributed by atoms with van der Waals surface area (Å²) >= 11 is 5.61. The van der Waals surface area contributed by atoms with E-state index >= 15 is 0 Å². The first-order chi connectivity index (χ1) is 6.49. The van der Waals surface area contributed by atoms with Crippen molar-refractivity contribution in [3.05, 3.63) is 34.6 Å². The van der Waals surface area contributed by atoms with Crippen LogP contribution in [0.4, 0.5) is 4.39 Å². The van der Waals surface area contributed by atoms with Gasteiger partial charge in [-0.25, -0.2) is 4.39 Å². The molecule has 1 amide bonds. The first-order valence-electron chi connectivity index (χ1n) is 4.26. The smallest absolute Gasteiger partial charge is 0.251 e. The lowest BCUT2D eigenvalue weighted by molar-refractivity contribution is 0.0942. The van der Waals surface area contributed by atoms with E-state index in [9.17, 15) is 9.18 Å². The fourth-order valence-corrected chi connectivity index (χ4v) is 1.25. The Morgan fingerprint density at radius 3 is 2.57 bits per heavy atom. The van der Waals surface area contributed by atoms with E-state index in [0.29, 0.717) is 0 Å². The summed E-state index contributed by atoms with van der Waals surface area (Å²) in [7, 11) is 0. The summed E-state index contributed by atoms with van der Waals surface area (Å²) in [5, 5.41) is 2.87. The maximum atomic E-state index is 12.9. The average Bonchev–Trinajstić information content (AvgIpc) is 2.00. The van der Waals surface area contributed by atoms with Gasteiger partial charge in [0.2, 0.25) is 0 Å². The van der Waals surface area contributed by atoms with Gasteiger partial charge in [-0.05, 0) is 32.0 Å². The van der Waals surface area contributed by atoms with E-state index in [1.54, 1.807) is 0 Å². The van der Waals surface area contributed by atoms with Crippen LogP contribution in [0.5, 0.6) is 0 Å². The van der Waals surface area contributed by atoms with Gasteiger partial charge in [0.05, 0.1) is 0 Å². The summed E-state index contributed by atoms with van der Waals surface area (Å²) in [4.78, 5) is 11.4. The van der Waals surface area contributed by atoms with Gasteiger partial charge in [0, 0.05) is 16.6 Å². The van der Waals surface area contributed by atoms with Crippen molar-refractivity contribution >= 4 is 17.5 Å². The summed E-state index contributed by atoms with van der Waals surface area (Å²) < 4.78 is 12.9. The minimum atomic E-state index is -0.508. The van der Waals surface area contributed by atoms with Crippen LogP contribution in [-0.2, 0) is 0 Å². The normalized spacial score (nSPS) is 10.4. The summed E-state index contributed by atoms with van der Waals surface area (Å²) in [6.07, 6.45) is 0. The van der Waals surface area contributed by atoms with Crippen molar-refractivity contribution in [2.45, 2.75) is 19.9 Å². The Hall–Kier alpha value is -1.09. The number of carbonyl (C=O) groups is 1. The molecule has 0 aromatic heterocycles. The van der Waals surface area contributed by atoms with Crippen molar-refractivity contribution in [1.82, 2.24) is 5.32 Å². The highest BCUT2D eigenvalue weighted by Gasteiger charge is 2.08. The summed E-state index contributed by atoms with van der Waals surface area (Å²) in [6.45, 7) is 3.66. The molecule has 0 unspecified atom stereocenters. The average molecular weight is 216 g/mol. The Labute approximate surface area is 87.1 Å². The van der Waals surface area contributed by atoms with Crippen molar-refractivity contribution in [3.63, 3.8) is 0 Å². The minimum absolute atomic E-state index is 0.0181. The molecular weight excluding hydrogens is 205 g/mol. The van der Waals surface area contributed by atoms with E-state index in [4.69, 9.17) is 11.6 Å². The van der Waals surface area contributed by atoms with Crippen LogP contribution in [-0.4, -0.2) is 11.9 Å². The van der Waals surface area contributed by atoms with Gasteiger partial charge in [0.25, 0.3) is 5.91 Å². The quantitative estimate of drug-likeness (QED) is 0.808. The molecule has 0 aliphatic carbocycles. The maximum Gasteiger partial charge on any atom is 0.251 e. The molecule has 0 aliphatic heterocycles. The molecule has 2 nitrogen and oxygen atoms in total. The molecule has 1 rings (SSSR count). The fraction of sp³-hybridized carbons (Fsp3) is 0.300. The van der Waals surface area contributed by atoms with Gasteiger partial charge < -0.3 is 5.32 Å². The molecule has 0 spiro atoms. The van der Waals surface area contributed by atoms with Crippen molar-refractivity contribution in [1.29, 1.82) is 0 Å². The molecule has 0 fully saturated rings. The number of hydrogen-bond donors (Lipinski definition) is 1. The van der Waals surface area contributed by atoms with Crippen LogP contribution in [0, 0.1) is 5.82 Å². The number of nitrogens with one attached hydrogen (secondary N) is 1. The molecule has 0 saturated heterocycles. The van der Waals surface area contributed by atoms with E-state index in [1.165, 1.54) is 6.07 Å². The van der Waals surface area contributed by atoms with Gasteiger partial charge in [0.1, 0.15) is 5.82 Å². The third kappa shape index (κ3) is 3.00. The van der Waals surface area contributed by atoms with Gasteiger partial charge >= 0.3 is 0 Å². The minimum Gasteiger partial charge on any atom is -0.350 e. The van der Waals surface area contributed by atoms with E-state index in [-0.39, 0.29) is 22.5 Å². The third-order valence-corrected chi connectivity index (χ3v) is 1.76. The number of carbonyl (C=O) groups excluding carboxylic acids is 1. The number of amides is 1. The molecule has 0 heterocycles. The zero-order chi connectivity index (χ0) is 10.7. The number of halogens is 2. The molecule has 0 saturated carbocycles. The lowest BCUT2D eigenvalue weighted by Gasteiger charge is -2.08. The Bertz CT molecular complexity index is 332. The Morgan fingerprint density at radius 1 is 1.43 bits per heavy atom. The monoisotopic (exact) mass is 215 g/mol. The molecule has 1 aromatic carbocycles. The standard InChI is InChI=1S/C10H11ClFNO/c1-6(2)13-10(14)7-3-8(11)5-9(12)4-7/h3-6H,1-2H3,(H,13,14). The zero-order valence-electron chi connectivity index (χ0n) is 7.97. The van der Waals surface area contributed by atoms with Crippen LogP contribution in [0.25, 0.3) is 0 Å². The predicted molar refractivity (Wildman–Crippen MR) is 54.0 cm³/mol. The second-order valence-electron chi connectivity index (χ2n) is 3.29. The molecule has 0 bridgehead atoms. The fourth-order valence-electron chi connectivity index (χ4n) is 1.03. The maximum absolute atomic E-state index is 12.9. The van der Waals surface area contributed by atoms with Crippen LogP contribution in [0.3, 0.4) is 0 Å². The lowest BCUT2D eigenvalue weighted by atomic mass is 10.2. The number of hydrogen-bond acceptors (Lipinski definition) is 1. The number of rotatable bonds is 2. The highest BCUT2D eigenvalue weighted by molar-refractivity contribution is 6.31. The Balaban J connectivity index is 2.90. The Kier molecular flexibility index (Phi) is 3.47. The molecule has 4 heteroatoms. The molecular formula is C10H11ClFNO. The van der Waals surface area contributed by atoms with Crippen LogP contribution in [0.15, 0.2) is 18.2 Å². The topological polar surface area (TPSA) is 29.1 Å². The first kappa shape index (κ1) is 11.0. The summed E-state index contributed by atoms with van der Waals surface area (Å²) in [5.74, 6) is -0.826. The largest absolute Gasteiger partial charge is 0.350 e. The van der Waals surface area contributed by atoms with E-state index in [0.717, 1.165) is 12.1 Å². The van der Waals surface area contributed by atoms with Gasteiger partial charge in [0.15, 0.2) is 0 Å². The van der Waals surface area contributed by atoms with Gasteiger partial charge in [-0.15, -0.1) is 0 Å². The van der Waals surface area contributed by atoms with Gasteiger partial charge in [-0.2, -0.15) is 0 Å². The molecule has 1 N–H and O–H groups in total. The van der Waals surface area contributed by atoms with Crippen LogP contribution in [0.1, 0.15) is 24.2 Å². The first-order valence-corrected chi connectivity index (χ1v) is 4.64. The molecule has 76 valence electrons. The SMILES string of the molecule is CC(C)NC(=O)c1cc(F)cc(Cl)c1. The molecule has 14 heavy (non-hydrogen) atoms. The highest BCUT2D eigenvalue weighted by atomic mass is 35.5. The third-order valence-electron chi connectivity index (χ3n) is 1.54.